The van der Waals surface area contributed by atoms with Crippen molar-refractivity contribution in [3.63, 3.8) is 0 Å². The van der Waals surface area contributed by atoms with E-state index in [1.165, 1.54) is 0 Å². The first-order chi connectivity index (χ1) is 11.7. The summed E-state index contributed by atoms with van der Waals surface area (Å²) in [6.07, 6.45) is 6.19. The van der Waals surface area contributed by atoms with Crippen LogP contribution in [0.3, 0.4) is 0 Å². The number of pyridine rings is 1. The van der Waals surface area contributed by atoms with Gasteiger partial charge in [0.25, 0.3) is 0 Å². The Kier molecular flexibility index (Phi) is 3.45. The standard InChI is InChI=1S/C17H15FN6/c18-14-9-21-17-23-13-5-10(7-20-8-13)1-2-11-6-12(3-4-15(11)19)22-16(14)24-17/h3-9H,1-2,19H2,(H2,21,22,23,24). The lowest BCUT2D eigenvalue weighted by Crippen LogP contribution is -2.04. The van der Waals surface area contributed by atoms with Gasteiger partial charge in [-0.1, -0.05) is 0 Å². The van der Waals surface area contributed by atoms with Gasteiger partial charge in [-0.05, 0) is 48.2 Å². The van der Waals surface area contributed by atoms with Crippen molar-refractivity contribution in [3.05, 3.63) is 59.8 Å². The maximum atomic E-state index is 14.0. The fourth-order valence-electron chi connectivity index (χ4n) is 2.65. The summed E-state index contributed by atoms with van der Waals surface area (Å²) in [7, 11) is 0. The highest BCUT2D eigenvalue weighted by molar-refractivity contribution is 5.64. The minimum Gasteiger partial charge on any atom is -0.399 e. The lowest BCUT2D eigenvalue weighted by atomic mass is 10.0. The van der Waals surface area contributed by atoms with Gasteiger partial charge in [0.1, 0.15) is 0 Å². The van der Waals surface area contributed by atoms with Crippen molar-refractivity contribution in [2.45, 2.75) is 12.8 Å². The van der Waals surface area contributed by atoms with Crippen molar-refractivity contribution in [2.24, 2.45) is 0 Å². The number of aryl methyl sites for hydroxylation is 2. The van der Waals surface area contributed by atoms with Gasteiger partial charge in [0.15, 0.2) is 11.6 Å². The number of nitrogens with one attached hydrogen (secondary N) is 2. The van der Waals surface area contributed by atoms with Gasteiger partial charge < -0.3 is 16.4 Å². The number of hydrogen-bond donors (Lipinski definition) is 3. The van der Waals surface area contributed by atoms with Crippen molar-refractivity contribution in [1.82, 2.24) is 15.0 Å². The predicted octanol–water partition coefficient (Wildman–Crippen LogP) is 3.18. The molecule has 4 N–H and O–H groups in total. The van der Waals surface area contributed by atoms with Crippen LogP contribution in [0, 0.1) is 5.82 Å². The second-order valence-electron chi connectivity index (χ2n) is 5.64. The van der Waals surface area contributed by atoms with E-state index in [1.807, 2.05) is 24.4 Å². The zero-order chi connectivity index (χ0) is 16.5. The third-order valence-electron chi connectivity index (χ3n) is 3.88. The molecule has 6 bridgehead atoms. The Balaban J connectivity index is 1.84. The molecule has 0 aliphatic carbocycles. The first kappa shape index (κ1) is 14.4. The quantitative estimate of drug-likeness (QED) is 0.551. The van der Waals surface area contributed by atoms with Gasteiger partial charge in [0.2, 0.25) is 5.95 Å². The highest BCUT2D eigenvalue weighted by Gasteiger charge is 2.11. The van der Waals surface area contributed by atoms with Crippen LogP contribution in [0.25, 0.3) is 0 Å². The molecule has 24 heavy (non-hydrogen) atoms. The summed E-state index contributed by atoms with van der Waals surface area (Å²) in [4.78, 5) is 12.4. The fourth-order valence-corrected chi connectivity index (χ4v) is 2.65. The summed E-state index contributed by atoms with van der Waals surface area (Å²) in [6, 6.07) is 7.50. The number of aromatic nitrogens is 3. The molecule has 3 heterocycles. The molecule has 0 atom stereocenters. The number of nitrogens with two attached hydrogens (primary N) is 1. The number of anilines is 5. The second kappa shape index (κ2) is 5.77. The van der Waals surface area contributed by atoms with Crippen LogP contribution >= 0.6 is 0 Å². The Morgan fingerprint density at radius 3 is 2.83 bits per heavy atom. The number of nitrogens with zero attached hydrogens (tertiary/aromatic N) is 3. The average molecular weight is 322 g/mol. The number of rotatable bonds is 0. The molecule has 7 heteroatoms. The van der Waals surface area contributed by atoms with Gasteiger partial charge in [-0.15, -0.1) is 0 Å². The SMILES string of the molecule is Nc1ccc2cc1CCc1cncc(c1)Nc1ncc(F)c(n1)N2. The molecule has 1 aliphatic heterocycles. The van der Waals surface area contributed by atoms with E-state index in [9.17, 15) is 4.39 Å². The van der Waals surface area contributed by atoms with Crippen molar-refractivity contribution in [2.75, 3.05) is 16.4 Å². The first-order valence-corrected chi connectivity index (χ1v) is 7.56. The predicted molar refractivity (Wildman–Crippen MR) is 91.1 cm³/mol. The molecular weight excluding hydrogens is 307 g/mol. The Morgan fingerprint density at radius 1 is 1.00 bits per heavy atom. The van der Waals surface area contributed by atoms with Crippen molar-refractivity contribution in [3.8, 4) is 0 Å². The normalized spacial score (nSPS) is 12.9. The van der Waals surface area contributed by atoms with Gasteiger partial charge in [-0.3, -0.25) is 4.98 Å². The maximum Gasteiger partial charge on any atom is 0.229 e. The van der Waals surface area contributed by atoms with Crippen molar-refractivity contribution >= 4 is 28.8 Å². The van der Waals surface area contributed by atoms with E-state index in [4.69, 9.17) is 5.73 Å². The minimum absolute atomic E-state index is 0.103. The Bertz CT molecular complexity index is 911. The largest absolute Gasteiger partial charge is 0.399 e. The second-order valence-corrected chi connectivity index (χ2v) is 5.64. The molecule has 3 aromatic rings. The third-order valence-corrected chi connectivity index (χ3v) is 3.88. The van der Waals surface area contributed by atoms with Crippen LogP contribution in [0.1, 0.15) is 11.1 Å². The van der Waals surface area contributed by atoms with Gasteiger partial charge in [0, 0.05) is 17.6 Å². The topological polar surface area (TPSA) is 88.8 Å². The molecular formula is C17H15FN6. The number of benzene rings is 1. The van der Waals surface area contributed by atoms with Crippen LogP contribution in [0.5, 0.6) is 0 Å². The van der Waals surface area contributed by atoms with E-state index in [1.54, 1.807) is 12.3 Å². The third kappa shape index (κ3) is 2.83. The van der Waals surface area contributed by atoms with Crippen LogP contribution in [0.2, 0.25) is 0 Å². The van der Waals surface area contributed by atoms with E-state index in [0.29, 0.717) is 11.6 Å². The van der Waals surface area contributed by atoms with Crippen molar-refractivity contribution < 1.29 is 4.39 Å². The molecule has 0 amide bonds. The summed E-state index contributed by atoms with van der Waals surface area (Å²) in [6.45, 7) is 0. The summed E-state index contributed by atoms with van der Waals surface area (Å²) < 4.78 is 14.0. The summed E-state index contributed by atoms with van der Waals surface area (Å²) in [5, 5.41) is 6.04. The van der Waals surface area contributed by atoms with Gasteiger partial charge in [0.05, 0.1) is 18.1 Å². The molecule has 0 saturated heterocycles. The zero-order valence-corrected chi connectivity index (χ0v) is 12.8. The summed E-state index contributed by atoms with van der Waals surface area (Å²) in [5.41, 5.74) is 10.3. The lowest BCUT2D eigenvalue weighted by molar-refractivity contribution is 0.619. The molecule has 120 valence electrons. The molecule has 1 aromatic carbocycles. The Labute approximate surface area is 138 Å². The van der Waals surface area contributed by atoms with Crippen LogP contribution in [0.15, 0.2) is 42.9 Å². The number of nitrogen functional groups attached to an aromatic ring is 1. The molecule has 6 nitrogen and oxygen atoms in total. The fraction of sp³-hybridized carbons (Fsp3) is 0.118. The molecule has 0 fully saturated rings. The Hall–Kier alpha value is -3.22. The smallest absolute Gasteiger partial charge is 0.229 e. The summed E-state index contributed by atoms with van der Waals surface area (Å²) in [5.74, 6) is -0.125. The van der Waals surface area contributed by atoms with Gasteiger partial charge in [-0.2, -0.15) is 4.98 Å². The molecule has 4 rings (SSSR count). The molecule has 2 aromatic heterocycles. The van der Waals surface area contributed by atoms with Crippen LogP contribution < -0.4 is 16.4 Å². The van der Waals surface area contributed by atoms with E-state index in [2.05, 4.69) is 25.6 Å². The van der Waals surface area contributed by atoms with Gasteiger partial charge in [-0.25, -0.2) is 9.37 Å². The van der Waals surface area contributed by atoms with E-state index in [0.717, 1.165) is 41.5 Å². The van der Waals surface area contributed by atoms with Crippen LogP contribution in [-0.4, -0.2) is 15.0 Å². The monoisotopic (exact) mass is 322 g/mol. The number of hydrogen-bond acceptors (Lipinski definition) is 6. The van der Waals surface area contributed by atoms with Gasteiger partial charge >= 0.3 is 0 Å². The van der Waals surface area contributed by atoms with Crippen LogP contribution in [0.4, 0.5) is 33.2 Å². The highest BCUT2D eigenvalue weighted by atomic mass is 19.1. The van der Waals surface area contributed by atoms with Crippen LogP contribution in [-0.2, 0) is 12.8 Å². The first-order valence-electron chi connectivity index (χ1n) is 7.56. The molecule has 0 radical (unpaired) electrons. The highest BCUT2D eigenvalue weighted by Crippen LogP contribution is 2.25. The average Bonchev–Trinajstić information content (AvgIpc) is 2.58. The van der Waals surface area contributed by atoms with E-state index < -0.39 is 5.82 Å². The number of fused-ring (bicyclic) bond motifs is 6. The molecule has 0 unspecified atom stereocenters. The lowest BCUT2D eigenvalue weighted by Gasteiger charge is -2.11. The Morgan fingerprint density at radius 2 is 1.92 bits per heavy atom. The zero-order valence-electron chi connectivity index (χ0n) is 12.8. The van der Waals surface area contributed by atoms with E-state index in [-0.39, 0.29) is 5.82 Å². The molecule has 0 saturated carbocycles. The summed E-state index contributed by atoms with van der Waals surface area (Å²) >= 11 is 0. The maximum absolute atomic E-state index is 14.0. The van der Waals surface area contributed by atoms with Crippen molar-refractivity contribution in [1.29, 1.82) is 0 Å². The van der Waals surface area contributed by atoms with E-state index >= 15 is 0 Å². The number of halogens is 1. The molecule has 0 spiro atoms. The minimum atomic E-state index is -0.527. The molecule has 1 aliphatic rings.